The fourth-order valence-electron chi connectivity index (χ4n) is 3.27. The summed E-state index contributed by atoms with van der Waals surface area (Å²) in [6, 6.07) is 9.07. The number of aliphatic carboxylic acids is 1. The fraction of sp³-hybridized carbons (Fsp3) is 0.440. The molecule has 1 atom stereocenters. The summed E-state index contributed by atoms with van der Waals surface area (Å²) in [5.41, 5.74) is 0.645. The SMILES string of the molecule is CCOC(Cc1ccc(OCCN(CCOC(F)(F)C(F)(F)C(F)(F)F)C(=O)Nc2ccc(Cl)cc2Cl)cc1)C(=O)O. The van der Waals surface area contributed by atoms with E-state index in [-0.39, 0.29) is 47.7 Å². The van der Waals surface area contributed by atoms with Crippen molar-refractivity contribution in [3.63, 3.8) is 0 Å². The number of amides is 2. The number of hydrogen-bond donors (Lipinski definition) is 2. The van der Waals surface area contributed by atoms with Crippen LogP contribution < -0.4 is 10.1 Å². The lowest BCUT2D eigenvalue weighted by Crippen LogP contribution is -2.54. The Morgan fingerprint density at radius 2 is 1.60 bits per heavy atom. The van der Waals surface area contributed by atoms with Gasteiger partial charge in [0.1, 0.15) is 12.4 Å². The lowest BCUT2D eigenvalue weighted by molar-refractivity contribution is -0.423. The minimum atomic E-state index is -6.58. The highest BCUT2D eigenvalue weighted by molar-refractivity contribution is 6.36. The van der Waals surface area contributed by atoms with Gasteiger partial charge in [-0.15, -0.1) is 0 Å². The van der Waals surface area contributed by atoms with Gasteiger partial charge in [0.05, 0.1) is 23.9 Å². The Bertz CT molecular complexity index is 1200. The van der Waals surface area contributed by atoms with E-state index < -0.39 is 49.5 Å². The lowest BCUT2D eigenvalue weighted by Gasteiger charge is -2.29. The molecule has 0 spiro atoms. The van der Waals surface area contributed by atoms with E-state index in [0.29, 0.717) is 5.56 Å². The van der Waals surface area contributed by atoms with Crippen molar-refractivity contribution >= 4 is 40.9 Å². The first kappa shape index (κ1) is 35.2. The van der Waals surface area contributed by atoms with E-state index in [1.165, 1.54) is 30.3 Å². The van der Waals surface area contributed by atoms with Crippen molar-refractivity contribution in [1.82, 2.24) is 4.90 Å². The predicted molar refractivity (Wildman–Crippen MR) is 138 cm³/mol. The van der Waals surface area contributed by atoms with E-state index >= 15 is 0 Å². The van der Waals surface area contributed by atoms with Crippen molar-refractivity contribution in [1.29, 1.82) is 0 Å². The zero-order valence-corrected chi connectivity index (χ0v) is 23.2. The third kappa shape index (κ3) is 9.78. The lowest BCUT2D eigenvalue weighted by atomic mass is 10.1. The van der Waals surface area contributed by atoms with Crippen molar-refractivity contribution in [2.45, 2.75) is 37.7 Å². The molecule has 2 aromatic carbocycles. The van der Waals surface area contributed by atoms with Crippen LogP contribution in [0.25, 0.3) is 0 Å². The molecule has 2 N–H and O–H groups in total. The van der Waals surface area contributed by atoms with E-state index in [4.69, 9.17) is 32.7 Å². The third-order valence-corrected chi connectivity index (χ3v) is 5.99. The van der Waals surface area contributed by atoms with Crippen LogP contribution in [-0.2, 0) is 20.7 Å². The number of ether oxygens (including phenoxy) is 3. The molecule has 234 valence electrons. The van der Waals surface area contributed by atoms with E-state index in [0.717, 1.165) is 4.90 Å². The number of halogens is 9. The maximum absolute atomic E-state index is 13.6. The number of alkyl halides is 7. The van der Waals surface area contributed by atoms with Crippen LogP contribution in [-0.4, -0.2) is 79.2 Å². The molecule has 8 nitrogen and oxygen atoms in total. The Balaban J connectivity index is 2.07. The summed E-state index contributed by atoms with van der Waals surface area (Å²) < 4.78 is 105. The van der Waals surface area contributed by atoms with Gasteiger partial charge in [-0.05, 0) is 42.8 Å². The fourth-order valence-corrected chi connectivity index (χ4v) is 3.72. The molecule has 0 aromatic heterocycles. The third-order valence-electron chi connectivity index (χ3n) is 5.44. The second kappa shape index (κ2) is 14.9. The van der Waals surface area contributed by atoms with Crippen molar-refractivity contribution in [3.05, 3.63) is 58.1 Å². The Kier molecular flexibility index (Phi) is 12.5. The van der Waals surface area contributed by atoms with Crippen LogP contribution in [0.4, 0.5) is 41.2 Å². The minimum Gasteiger partial charge on any atom is -0.492 e. The zero-order chi connectivity index (χ0) is 31.7. The minimum absolute atomic E-state index is 0.00536. The summed E-state index contributed by atoms with van der Waals surface area (Å²) in [7, 11) is 0. The standard InChI is InChI=1S/C25H25Cl2F7N2O6/c1-2-40-20(21(37)38)13-15-3-6-17(7-4-15)41-11-9-36(22(39)35-19-8-5-16(26)14-18(19)27)10-12-42-25(33,34)23(28,29)24(30,31)32/h3-8,14,20H,2,9-13H2,1H3,(H,35,39)(H,37,38). The highest BCUT2D eigenvalue weighted by Gasteiger charge is 2.74. The van der Waals surface area contributed by atoms with E-state index in [2.05, 4.69) is 10.1 Å². The number of rotatable bonds is 15. The number of carbonyl (C=O) groups excluding carboxylic acids is 1. The molecule has 2 rings (SSSR count). The molecule has 0 heterocycles. The molecule has 1 unspecified atom stereocenters. The summed E-state index contributed by atoms with van der Waals surface area (Å²) in [6.45, 7) is -1.06. The largest absolute Gasteiger partial charge is 0.492 e. The number of hydrogen-bond acceptors (Lipinski definition) is 5. The van der Waals surface area contributed by atoms with Gasteiger partial charge >= 0.3 is 30.2 Å². The number of anilines is 1. The highest BCUT2D eigenvalue weighted by atomic mass is 35.5. The number of benzene rings is 2. The van der Waals surface area contributed by atoms with Gasteiger partial charge in [0.25, 0.3) is 0 Å². The van der Waals surface area contributed by atoms with E-state index in [1.807, 2.05) is 0 Å². The molecule has 17 heteroatoms. The summed E-state index contributed by atoms with van der Waals surface area (Å²) in [6.07, 6.45) is -13.5. The molecule has 42 heavy (non-hydrogen) atoms. The van der Waals surface area contributed by atoms with Crippen molar-refractivity contribution in [3.8, 4) is 5.75 Å². The summed E-state index contributed by atoms with van der Waals surface area (Å²) >= 11 is 11.8. The molecule has 2 aromatic rings. The van der Waals surface area contributed by atoms with Crippen LogP contribution in [0.3, 0.4) is 0 Å². The molecular formula is C25H25Cl2F7N2O6. The Morgan fingerprint density at radius 3 is 2.14 bits per heavy atom. The molecule has 0 radical (unpaired) electrons. The van der Waals surface area contributed by atoms with E-state index in [1.54, 1.807) is 19.1 Å². The number of urea groups is 1. The second-order valence-electron chi connectivity index (χ2n) is 8.46. The molecule has 0 fully saturated rings. The smallest absolute Gasteiger partial charge is 0.462 e. The zero-order valence-electron chi connectivity index (χ0n) is 21.7. The van der Waals surface area contributed by atoms with Crippen LogP contribution in [0.5, 0.6) is 5.75 Å². The average Bonchev–Trinajstić information content (AvgIpc) is 2.89. The van der Waals surface area contributed by atoms with Gasteiger partial charge in [-0.1, -0.05) is 35.3 Å². The summed E-state index contributed by atoms with van der Waals surface area (Å²) in [5.74, 6) is -7.36. The molecular weight excluding hydrogens is 628 g/mol. The Hall–Kier alpha value is -3.01. The number of carboxylic acid groups (broad SMARTS) is 1. The van der Waals surface area contributed by atoms with Gasteiger partial charge in [0.2, 0.25) is 0 Å². The molecule has 0 aliphatic heterocycles. The van der Waals surface area contributed by atoms with Gasteiger partial charge in [0, 0.05) is 24.6 Å². The first-order valence-corrected chi connectivity index (χ1v) is 12.8. The highest BCUT2D eigenvalue weighted by Crippen LogP contribution is 2.46. The van der Waals surface area contributed by atoms with Crippen LogP contribution in [0.1, 0.15) is 12.5 Å². The quantitative estimate of drug-likeness (QED) is 0.207. The van der Waals surface area contributed by atoms with Crippen molar-refractivity contribution < 1.29 is 59.6 Å². The molecule has 0 aliphatic rings. The van der Waals surface area contributed by atoms with Crippen LogP contribution in [0, 0.1) is 0 Å². The van der Waals surface area contributed by atoms with Crippen molar-refractivity contribution in [2.75, 3.05) is 38.2 Å². The number of carboxylic acids is 1. The maximum Gasteiger partial charge on any atom is 0.462 e. The monoisotopic (exact) mass is 652 g/mol. The van der Waals surface area contributed by atoms with Gasteiger partial charge < -0.3 is 29.5 Å². The summed E-state index contributed by atoms with van der Waals surface area (Å²) in [5, 5.41) is 11.8. The number of nitrogens with one attached hydrogen (secondary N) is 1. The van der Waals surface area contributed by atoms with Gasteiger partial charge in [-0.2, -0.15) is 30.7 Å². The van der Waals surface area contributed by atoms with Crippen molar-refractivity contribution in [2.24, 2.45) is 0 Å². The normalized spacial score (nSPS) is 13.0. The van der Waals surface area contributed by atoms with Gasteiger partial charge in [0.15, 0.2) is 6.10 Å². The first-order valence-electron chi connectivity index (χ1n) is 12.0. The van der Waals surface area contributed by atoms with E-state index in [9.17, 15) is 45.4 Å². The number of nitrogens with zero attached hydrogens (tertiary/aromatic N) is 1. The summed E-state index contributed by atoms with van der Waals surface area (Å²) in [4.78, 5) is 24.8. The molecule has 0 aliphatic carbocycles. The molecule has 0 saturated carbocycles. The Morgan fingerprint density at radius 1 is 0.976 bits per heavy atom. The van der Waals surface area contributed by atoms with Crippen LogP contribution in [0.15, 0.2) is 42.5 Å². The number of carbonyl (C=O) groups is 2. The van der Waals surface area contributed by atoms with Crippen LogP contribution in [0.2, 0.25) is 10.0 Å². The molecule has 0 saturated heterocycles. The molecule has 2 amide bonds. The average molecular weight is 653 g/mol. The predicted octanol–water partition coefficient (Wildman–Crippen LogP) is 6.75. The Labute approximate surface area is 245 Å². The maximum atomic E-state index is 13.6. The second-order valence-corrected chi connectivity index (χ2v) is 9.30. The van der Waals surface area contributed by atoms with Gasteiger partial charge in [-0.3, -0.25) is 0 Å². The first-order chi connectivity index (χ1) is 19.5. The van der Waals surface area contributed by atoms with Crippen LogP contribution >= 0.6 is 23.2 Å². The topological polar surface area (TPSA) is 97.3 Å². The van der Waals surface area contributed by atoms with Gasteiger partial charge in [-0.25, -0.2) is 9.59 Å². The molecule has 0 bridgehead atoms.